The monoisotopic (exact) mass is 636 g/mol. The molecule has 6 aromatic rings. The number of carbonyl (C=O) groups excluding carboxylic acids is 1. The quantitative estimate of drug-likeness (QED) is 0.135. The zero-order valence-electron chi connectivity index (χ0n) is 24.5. The average Bonchev–Trinajstić information content (AvgIpc) is 3.64. The maximum Gasteiger partial charge on any atom is 0.234 e. The van der Waals surface area contributed by atoms with Gasteiger partial charge in [0.15, 0.2) is 9.50 Å². The number of hydrogen-bond acceptors (Lipinski definition) is 8. The lowest BCUT2D eigenvalue weighted by atomic mass is 10.2. The van der Waals surface area contributed by atoms with Gasteiger partial charge in [0.2, 0.25) is 5.91 Å². The number of carbonyl (C=O) groups is 1. The molecule has 0 saturated heterocycles. The van der Waals surface area contributed by atoms with Crippen LogP contribution in [0, 0.1) is 0 Å². The second-order valence-corrected chi connectivity index (χ2v) is 13.6. The van der Waals surface area contributed by atoms with Crippen LogP contribution in [0.15, 0.2) is 119 Å². The minimum atomic E-state index is -0.0915. The fourth-order valence-electron chi connectivity index (χ4n) is 4.86. The number of benzene rings is 4. The number of thiazole rings is 1. The topological polar surface area (TPSA) is 75.9 Å². The van der Waals surface area contributed by atoms with Gasteiger partial charge in [-0.05, 0) is 67.9 Å². The molecule has 10 heteroatoms. The van der Waals surface area contributed by atoms with Gasteiger partial charge >= 0.3 is 0 Å². The van der Waals surface area contributed by atoms with Gasteiger partial charge in [0, 0.05) is 23.1 Å². The first-order chi connectivity index (χ1) is 21.5. The summed E-state index contributed by atoms with van der Waals surface area (Å²) in [5.74, 6) is 1.62. The highest BCUT2D eigenvalue weighted by Gasteiger charge is 2.17. The summed E-state index contributed by atoms with van der Waals surface area (Å²) in [4.78, 5) is 20.0. The summed E-state index contributed by atoms with van der Waals surface area (Å²) in [5.41, 5.74) is 5.12. The molecule has 1 N–H and O–H groups in total. The lowest BCUT2D eigenvalue weighted by Crippen LogP contribution is -2.25. The van der Waals surface area contributed by atoms with Crippen LogP contribution in [-0.2, 0) is 17.1 Å². The number of aromatic nitrogens is 4. The number of nitrogens with one attached hydrogen (secondary N) is 1. The third-order valence-corrected chi connectivity index (χ3v) is 10.0. The molecule has 0 aliphatic heterocycles. The molecule has 0 atom stereocenters. The third-order valence-electron chi connectivity index (χ3n) is 6.89. The summed E-state index contributed by atoms with van der Waals surface area (Å²) in [6.45, 7) is 4.96. The van der Waals surface area contributed by atoms with Crippen LogP contribution in [0.5, 0.6) is 0 Å². The molecule has 0 bridgehead atoms. The van der Waals surface area contributed by atoms with Crippen molar-refractivity contribution in [3.05, 3.63) is 121 Å². The maximum atomic E-state index is 13.0. The molecular weight excluding hydrogens is 605 g/mol. The molecule has 1 amide bonds. The molecule has 6 rings (SSSR count). The Balaban J connectivity index is 1.12. The smallest absolute Gasteiger partial charge is 0.234 e. The fraction of sp³-hybridized carbons (Fsp3) is 0.176. The van der Waals surface area contributed by atoms with E-state index in [2.05, 4.69) is 69.2 Å². The third kappa shape index (κ3) is 7.32. The summed E-state index contributed by atoms with van der Waals surface area (Å²) < 4.78 is 4.28. The zero-order valence-corrected chi connectivity index (χ0v) is 26.9. The Morgan fingerprint density at radius 3 is 2.25 bits per heavy atom. The van der Waals surface area contributed by atoms with E-state index in [9.17, 15) is 4.79 Å². The molecule has 222 valence electrons. The number of amides is 1. The van der Waals surface area contributed by atoms with E-state index in [1.54, 1.807) is 23.1 Å². The van der Waals surface area contributed by atoms with Crippen LogP contribution >= 0.6 is 34.9 Å². The number of rotatable bonds is 12. The van der Waals surface area contributed by atoms with Gasteiger partial charge in [-0.25, -0.2) is 4.98 Å². The standard InChI is InChI=1S/C34H32N6OS3/c1-24(2)40(27-13-7-4-8-14-27)28-19-17-26(18-20-28)35-32(41)23-42-33-38-37-31(39(33)21-25-11-5-3-6-12-25)22-43-34-36-29-15-9-10-16-30(29)44-34/h3-20,24H,21-23H2,1-2H3,(H,35,41). The Labute approximate surface area is 269 Å². The molecule has 0 radical (unpaired) electrons. The van der Waals surface area contributed by atoms with Crippen molar-refractivity contribution in [2.45, 2.75) is 41.7 Å². The van der Waals surface area contributed by atoms with Gasteiger partial charge in [-0.1, -0.05) is 84.2 Å². The molecule has 0 spiro atoms. The van der Waals surface area contributed by atoms with Gasteiger partial charge in [-0.15, -0.1) is 21.5 Å². The van der Waals surface area contributed by atoms with Crippen LogP contribution in [0.2, 0.25) is 0 Å². The van der Waals surface area contributed by atoms with Crippen molar-refractivity contribution in [3.8, 4) is 0 Å². The molecule has 0 aliphatic carbocycles. The highest BCUT2D eigenvalue weighted by molar-refractivity contribution is 8.00. The van der Waals surface area contributed by atoms with Crippen molar-refractivity contribution in [2.24, 2.45) is 0 Å². The lowest BCUT2D eigenvalue weighted by Gasteiger charge is -2.29. The van der Waals surface area contributed by atoms with Gasteiger partial charge in [0.05, 0.1) is 28.3 Å². The van der Waals surface area contributed by atoms with Crippen LogP contribution < -0.4 is 10.2 Å². The number of anilines is 3. The van der Waals surface area contributed by atoms with E-state index in [0.29, 0.717) is 12.3 Å². The first-order valence-electron chi connectivity index (χ1n) is 14.3. The van der Waals surface area contributed by atoms with Gasteiger partial charge < -0.3 is 14.8 Å². The SMILES string of the molecule is CC(C)N(c1ccccc1)c1ccc(NC(=O)CSc2nnc(CSc3nc4ccccc4s3)n2Cc2ccccc2)cc1. The first kappa shape index (κ1) is 29.9. The summed E-state index contributed by atoms with van der Waals surface area (Å²) in [6, 6.07) is 37.0. The van der Waals surface area contributed by atoms with Crippen molar-refractivity contribution in [1.82, 2.24) is 19.7 Å². The van der Waals surface area contributed by atoms with Crippen molar-refractivity contribution >= 4 is 68.0 Å². The Kier molecular flexibility index (Phi) is 9.60. The number of nitrogens with zero attached hydrogens (tertiary/aromatic N) is 5. The minimum Gasteiger partial charge on any atom is -0.339 e. The Morgan fingerprint density at radius 2 is 1.52 bits per heavy atom. The number of fused-ring (bicyclic) bond motifs is 1. The number of hydrogen-bond donors (Lipinski definition) is 1. The van der Waals surface area contributed by atoms with Crippen LogP contribution in [0.3, 0.4) is 0 Å². The maximum absolute atomic E-state index is 13.0. The number of thioether (sulfide) groups is 2. The summed E-state index contributed by atoms with van der Waals surface area (Å²) in [7, 11) is 0. The molecule has 44 heavy (non-hydrogen) atoms. The molecule has 0 fully saturated rings. The molecule has 2 aromatic heterocycles. The first-order valence-corrected chi connectivity index (χ1v) is 17.1. The summed E-state index contributed by atoms with van der Waals surface area (Å²) in [6.07, 6.45) is 0. The van der Waals surface area contributed by atoms with Crippen molar-refractivity contribution in [1.29, 1.82) is 0 Å². The van der Waals surface area contributed by atoms with Crippen molar-refractivity contribution in [2.75, 3.05) is 16.0 Å². The summed E-state index contributed by atoms with van der Waals surface area (Å²) >= 11 is 4.74. The Hall–Kier alpha value is -4.12. The Bertz CT molecular complexity index is 1790. The van der Waals surface area contributed by atoms with Crippen LogP contribution in [0.1, 0.15) is 25.2 Å². The van der Waals surface area contributed by atoms with E-state index in [0.717, 1.165) is 43.5 Å². The normalized spacial score (nSPS) is 11.2. The van der Waals surface area contributed by atoms with Crippen molar-refractivity contribution in [3.63, 3.8) is 0 Å². The highest BCUT2D eigenvalue weighted by Crippen LogP contribution is 2.32. The average molecular weight is 637 g/mol. The molecule has 0 aliphatic rings. The van der Waals surface area contributed by atoms with Gasteiger partial charge in [-0.2, -0.15) is 0 Å². The van der Waals surface area contributed by atoms with E-state index in [1.165, 1.54) is 16.5 Å². The van der Waals surface area contributed by atoms with Gasteiger partial charge in [0.1, 0.15) is 5.82 Å². The molecular formula is C34H32N6OS3. The van der Waals surface area contributed by atoms with E-state index >= 15 is 0 Å². The minimum absolute atomic E-state index is 0.0915. The number of para-hydroxylation sites is 2. The van der Waals surface area contributed by atoms with E-state index in [-0.39, 0.29) is 17.7 Å². The molecule has 0 unspecified atom stereocenters. The second-order valence-electron chi connectivity index (χ2n) is 10.4. The van der Waals surface area contributed by atoms with Crippen LogP contribution in [0.4, 0.5) is 17.1 Å². The van der Waals surface area contributed by atoms with E-state index in [1.807, 2.05) is 78.9 Å². The van der Waals surface area contributed by atoms with E-state index in [4.69, 9.17) is 4.98 Å². The largest absolute Gasteiger partial charge is 0.339 e. The molecule has 2 heterocycles. The van der Waals surface area contributed by atoms with Gasteiger partial charge in [-0.3, -0.25) is 4.79 Å². The highest BCUT2D eigenvalue weighted by atomic mass is 32.2. The summed E-state index contributed by atoms with van der Waals surface area (Å²) in [5, 5.41) is 12.8. The fourth-order valence-corrected chi connectivity index (χ4v) is 7.63. The predicted molar refractivity (Wildman–Crippen MR) is 184 cm³/mol. The Morgan fingerprint density at radius 1 is 0.841 bits per heavy atom. The van der Waals surface area contributed by atoms with Crippen molar-refractivity contribution < 1.29 is 4.79 Å². The predicted octanol–water partition coefficient (Wildman–Crippen LogP) is 8.51. The lowest BCUT2D eigenvalue weighted by molar-refractivity contribution is -0.113. The van der Waals surface area contributed by atoms with Crippen LogP contribution in [-0.4, -0.2) is 37.5 Å². The molecule has 0 saturated carbocycles. The molecule has 4 aromatic carbocycles. The second kappa shape index (κ2) is 14.1. The molecule has 7 nitrogen and oxygen atoms in total. The van der Waals surface area contributed by atoms with Gasteiger partial charge in [0.25, 0.3) is 0 Å². The van der Waals surface area contributed by atoms with Crippen LogP contribution in [0.25, 0.3) is 10.2 Å². The zero-order chi connectivity index (χ0) is 30.3. The van der Waals surface area contributed by atoms with E-state index < -0.39 is 0 Å².